The van der Waals surface area contributed by atoms with E-state index in [1.165, 1.54) is 36.9 Å². The molecule has 3 aromatic heterocycles. The van der Waals surface area contributed by atoms with Gasteiger partial charge in [-0.05, 0) is 12.1 Å². The summed E-state index contributed by atoms with van der Waals surface area (Å²) in [7, 11) is 0. The third-order valence-corrected chi connectivity index (χ3v) is 4.42. The minimum Gasteiger partial charge on any atom is -0.450 e. The first-order chi connectivity index (χ1) is 13.5. The van der Waals surface area contributed by atoms with Crippen molar-refractivity contribution < 1.29 is 22.7 Å². The van der Waals surface area contributed by atoms with Gasteiger partial charge in [-0.15, -0.1) is 0 Å². The van der Waals surface area contributed by atoms with E-state index in [0.29, 0.717) is 5.39 Å². The molecule has 0 fully saturated rings. The average Bonchev–Trinajstić information content (AvgIpc) is 3.05. The molecule has 4 aromatic rings. The molecule has 1 amide bonds. The first-order valence-corrected chi connectivity index (χ1v) is 8.42. The van der Waals surface area contributed by atoms with Crippen LogP contribution in [0.15, 0.2) is 41.3 Å². The predicted octanol–water partition coefficient (Wildman–Crippen LogP) is 4.55. The molecule has 1 aromatic carbocycles. The van der Waals surface area contributed by atoms with Crippen molar-refractivity contribution in [2.45, 2.75) is 6.61 Å². The Kier molecular flexibility index (Phi) is 6.55. The number of halogens is 4. The van der Waals surface area contributed by atoms with E-state index < -0.39 is 12.5 Å². The van der Waals surface area contributed by atoms with Gasteiger partial charge in [0.2, 0.25) is 0 Å². The maximum Gasteiger partial charge on any atom is 0.387 e. The van der Waals surface area contributed by atoms with Crippen molar-refractivity contribution in [3.63, 3.8) is 0 Å². The van der Waals surface area contributed by atoms with Gasteiger partial charge >= 0.3 is 6.61 Å². The van der Waals surface area contributed by atoms with E-state index in [2.05, 4.69) is 25.2 Å². The number of carbonyl (C=O) groups excluding carboxylic acids is 1. The number of rotatable bonds is 4. The smallest absolute Gasteiger partial charge is 0.387 e. The van der Waals surface area contributed by atoms with Crippen LogP contribution in [-0.4, -0.2) is 57.3 Å². The number of amides is 1. The van der Waals surface area contributed by atoms with E-state index in [-0.39, 0.29) is 73.2 Å². The molecule has 143 valence electrons. The van der Waals surface area contributed by atoms with Crippen molar-refractivity contribution in [1.29, 1.82) is 0 Å². The van der Waals surface area contributed by atoms with Gasteiger partial charge in [0.25, 0.3) is 5.91 Å². The Balaban J connectivity index is 0.00000240. The number of nitrogens with zero attached hydrogens (tertiary/aromatic N) is 3. The predicted molar refractivity (Wildman–Crippen MR) is 104 cm³/mol. The zero-order chi connectivity index (χ0) is 19.8. The largest absolute Gasteiger partial charge is 0.450 e. The number of furan rings is 1. The van der Waals surface area contributed by atoms with Crippen molar-refractivity contribution in [3.8, 4) is 5.75 Å². The third-order valence-electron chi connectivity index (χ3n) is 3.85. The number of aromatic nitrogens is 3. The van der Waals surface area contributed by atoms with Gasteiger partial charge in [0.05, 0.1) is 39.1 Å². The molecule has 0 saturated carbocycles. The molecular weight excluding hydrogens is 440 g/mol. The number of hydrogen-bond donors (Lipinski definition) is 1. The van der Waals surface area contributed by atoms with Crippen molar-refractivity contribution in [2.24, 2.45) is 0 Å². The Morgan fingerprint density at radius 1 is 1.10 bits per heavy atom. The van der Waals surface area contributed by atoms with Crippen LogP contribution in [0, 0.1) is 0 Å². The Hall–Kier alpha value is -2.04. The minimum absolute atomic E-state index is 0. The number of carbonyl (C=O) groups is 1. The van der Waals surface area contributed by atoms with Crippen LogP contribution >= 0.6 is 23.2 Å². The summed E-state index contributed by atoms with van der Waals surface area (Å²) < 4.78 is 35.5. The van der Waals surface area contributed by atoms with Crippen LogP contribution in [0.3, 0.4) is 0 Å². The van der Waals surface area contributed by atoms with E-state index >= 15 is 0 Å². The number of pyridine rings is 1. The maximum absolute atomic E-state index is 12.9. The average molecular weight is 448 g/mol. The summed E-state index contributed by atoms with van der Waals surface area (Å²) in [5.74, 6) is -0.819. The second-order valence-electron chi connectivity index (χ2n) is 5.50. The normalized spacial score (nSPS) is 10.9. The fourth-order valence-electron chi connectivity index (χ4n) is 2.71. The first-order valence-electron chi connectivity index (χ1n) is 7.66. The van der Waals surface area contributed by atoms with Crippen molar-refractivity contribution >= 4 is 86.3 Å². The van der Waals surface area contributed by atoms with Gasteiger partial charge in [-0.2, -0.15) is 19.0 Å². The number of hydrogen-bond acceptors (Lipinski definition) is 6. The fourth-order valence-corrected chi connectivity index (χ4v) is 3.17. The van der Waals surface area contributed by atoms with E-state index in [0.717, 1.165) is 0 Å². The first kappa shape index (κ1) is 21.7. The zero-order valence-electron chi connectivity index (χ0n) is 14.6. The van der Waals surface area contributed by atoms with Gasteiger partial charge in [-0.3, -0.25) is 9.78 Å². The summed E-state index contributed by atoms with van der Waals surface area (Å²) in [6.45, 7) is -3.07. The van der Waals surface area contributed by atoms with Crippen LogP contribution in [0.25, 0.3) is 21.9 Å². The van der Waals surface area contributed by atoms with E-state index in [1.807, 2.05) is 0 Å². The molecule has 0 unspecified atom stereocenters. The van der Waals surface area contributed by atoms with Gasteiger partial charge in [0, 0.05) is 47.3 Å². The summed E-state index contributed by atoms with van der Waals surface area (Å²) in [6, 6.07) is 2.54. The number of ether oxygens (including phenoxy) is 1. The van der Waals surface area contributed by atoms with Gasteiger partial charge in [-0.25, -0.2) is 0 Å². The second-order valence-corrected chi connectivity index (χ2v) is 6.31. The molecule has 1 radical (unpaired) electrons. The Morgan fingerprint density at radius 2 is 1.79 bits per heavy atom. The maximum atomic E-state index is 12.9. The molecule has 29 heavy (non-hydrogen) atoms. The Morgan fingerprint density at radius 3 is 2.48 bits per heavy atom. The number of benzene rings is 1. The molecule has 0 aliphatic heterocycles. The van der Waals surface area contributed by atoms with Crippen LogP contribution in [-0.2, 0) is 0 Å². The summed E-state index contributed by atoms with van der Waals surface area (Å²) in [6.07, 6.45) is 5.30. The van der Waals surface area contributed by atoms with Crippen molar-refractivity contribution in [3.05, 3.63) is 52.5 Å². The number of nitrogens with one attached hydrogen (secondary N) is 1. The fraction of sp³-hybridized carbons (Fsp3) is 0.0588. The van der Waals surface area contributed by atoms with E-state index in [1.54, 1.807) is 0 Å². The van der Waals surface area contributed by atoms with Gasteiger partial charge in [-0.1, -0.05) is 23.2 Å². The van der Waals surface area contributed by atoms with Gasteiger partial charge < -0.3 is 14.5 Å². The molecule has 1 N–H and O–H groups in total. The summed E-state index contributed by atoms with van der Waals surface area (Å²) in [5.41, 5.74) is 0.498. The van der Waals surface area contributed by atoms with E-state index in [4.69, 9.17) is 27.6 Å². The van der Waals surface area contributed by atoms with Crippen LogP contribution in [0.5, 0.6) is 5.75 Å². The third kappa shape index (κ3) is 4.15. The van der Waals surface area contributed by atoms with Crippen molar-refractivity contribution in [1.82, 2.24) is 15.2 Å². The number of anilines is 1. The summed E-state index contributed by atoms with van der Waals surface area (Å²) in [5, 5.41) is 11.0. The zero-order valence-corrected chi connectivity index (χ0v) is 18.1. The Labute approximate surface area is 193 Å². The Bertz CT molecular complexity index is 1200. The second kappa shape index (κ2) is 8.76. The summed E-state index contributed by atoms with van der Waals surface area (Å²) in [4.78, 5) is 16.7. The molecule has 12 heteroatoms. The molecule has 4 rings (SSSR count). The van der Waals surface area contributed by atoms with Crippen LogP contribution < -0.4 is 10.1 Å². The molecule has 0 saturated heterocycles. The van der Waals surface area contributed by atoms with Crippen LogP contribution in [0.4, 0.5) is 14.5 Å². The number of alkyl halides is 2. The number of fused-ring (bicyclic) bond motifs is 3. The van der Waals surface area contributed by atoms with Gasteiger partial charge in [0.1, 0.15) is 0 Å². The van der Waals surface area contributed by atoms with Crippen molar-refractivity contribution in [2.75, 3.05) is 5.32 Å². The van der Waals surface area contributed by atoms with Crippen LogP contribution in [0.2, 0.25) is 10.0 Å². The molecule has 0 spiro atoms. The summed E-state index contributed by atoms with van der Waals surface area (Å²) >= 11 is 12.1. The van der Waals surface area contributed by atoms with E-state index in [9.17, 15) is 13.6 Å². The molecule has 0 atom stereocenters. The molecular formula is C17H8Cl2F2N4NaO3. The van der Waals surface area contributed by atoms with Crippen LogP contribution in [0.1, 0.15) is 10.4 Å². The molecule has 0 aliphatic carbocycles. The monoisotopic (exact) mass is 447 g/mol. The topological polar surface area (TPSA) is 90.1 Å². The minimum atomic E-state index is -3.07. The molecule has 0 bridgehead atoms. The molecule has 3 heterocycles. The quantitative estimate of drug-likeness (QED) is 0.461. The SMILES string of the molecule is O=C(Nc1c(Cl)cncc1Cl)c1ccc(OC(F)F)c2oc3cnncc3c12.[Na]. The van der Waals surface area contributed by atoms with Gasteiger partial charge in [0.15, 0.2) is 16.9 Å². The standard InChI is InChI=1S/C17H8Cl2F2N4O3.Na/c18-9-4-22-5-10(19)14(9)25-16(26)7-1-2-11(28-17(20)21)15-13(7)8-3-23-24-6-12(8)27-15;/h1-6,17H,(H,22,25,26);. The molecule has 0 aliphatic rings. The molecule has 7 nitrogen and oxygen atoms in total.